The molecule has 0 aromatic heterocycles. The van der Waals surface area contributed by atoms with Crippen LogP contribution in [0.4, 0.5) is 0 Å². The summed E-state index contributed by atoms with van der Waals surface area (Å²) in [7, 11) is 2.08. The monoisotopic (exact) mass is 658 g/mol. The summed E-state index contributed by atoms with van der Waals surface area (Å²) in [5.41, 5.74) is 2.55. The Morgan fingerprint density at radius 2 is 1.57 bits per heavy atom. The first-order valence-electron chi connectivity index (χ1n) is 15.1. The van der Waals surface area contributed by atoms with Crippen molar-refractivity contribution in [2.24, 2.45) is 0 Å². The fraction of sp³-hybridized carbons (Fsp3) is 0.500. The van der Waals surface area contributed by atoms with Gasteiger partial charge in [-0.25, -0.2) is 9.59 Å². The van der Waals surface area contributed by atoms with Gasteiger partial charge in [-0.05, 0) is 71.8 Å². The van der Waals surface area contributed by atoms with Crippen molar-refractivity contribution >= 4 is 29.6 Å². The normalized spacial score (nSPS) is 16.1. The molecule has 0 saturated carbocycles. The van der Waals surface area contributed by atoms with E-state index in [1.807, 2.05) is 23.1 Å². The number of benzene rings is 2. The van der Waals surface area contributed by atoms with Crippen molar-refractivity contribution in [3.8, 4) is 23.0 Å². The average molecular weight is 659 g/mol. The molecule has 1 saturated heterocycles. The van der Waals surface area contributed by atoms with Crippen LogP contribution in [0.5, 0.6) is 23.0 Å². The van der Waals surface area contributed by atoms with Gasteiger partial charge < -0.3 is 39.3 Å². The number of carboxylic acid groups (broad SMARTS) is 2. The van der Waals surface area contributed by atoms with Crippen LogP contribution in [-0.4, -0.2) is 88.8 Å². The van der Waals surface area contributed by atoms with E-state index in [4.69, 9.17) is 24.4 Å². The number of likely N-dealkylation sites (N-methyl/N-ethyl adjacent to an activating group) is 1. The van der Waals surface area contributed by atoms with Gasteiger partial charge in [0.05, 0.1) is 5.75 Å². The van der Waals surface area contributed by atoms with Crippen LogP contribution < -0.4 is 14.2 Å². The maximum atomic E-state index is 12.9. The van der Waals surface area contributed by atoms with E-state index in [0.717, 1.165) is 53.4 Å². The second-order valence-electron chi connectivity index (χ2n) is 13.2. The van der Waals surface area contributed by atoms with Crippen molar-refractivity contribution in [3.63, 3.8) is 0 Å². The number of aromatic hydroxyl groups is 1. The summed E-state index contributed by atoms with van der Waals surface area (Å²) in [5.74, 6) is 0.759. The number of thioether (sulfide) groups is 1. The maximum Gasteiger partial charge on any atom is 0.328 e. The highest BCUT2D eigenvalue weighted by Gasteiger charge is 2.35. The van der Waals surface area contributed by atoms with Crippen molar-refractivity contribution in [3.05, 3.63) is 59.2 Å². The van der Waals surface area contributed by atoms with Gasteiger partial charge in [-0.2, -0.15) is 0 Å². The third-order valence-electron chi connectivity index (χ3n) is 7.39. The van der Waals surface area contributed by atoms with Gasteiger partial charge in [0.15, 0.2) is 11.5 Å². The molecular formula is C34H46N2O9S. The number of phenolic OH excluding ortho intramolecular Hbond substituents is 1. The quantitative estimate of drug-likeness (QED) is 0.267. The predicted molar refractivity (Wildman–Crippen MR) is 177 cm³/mol. The number of hydrogen-bond donors (Lipinski definition) is 3. The van der Waals surface area contributed by atoms with Crippen LogP contribution in [0.25, 0.3) is 0 Å². The van der Waals surface area contributed by atoms with Gasteiger partial charge in [-0.3, -0.25) is 4.79 Å². The molecule has 2 aromatic rings. The summed E-state index contributed by atoms with van der Waals surface area (Å²) in [6, 6.07) is 9.83. The molecule has 0 radical (unpaired) electrons. The molecule has 11 nitrogen and oxygen atoms in total. The Morgan fingerprint density at radius 3 is 2.13 bits per heavy atom. The Labute approximate surface area is 275 Å². The lowest BCUT2D eigenvalue weighted by molar-refractivity contribution is -0.134. The number of fused-ring (bicyclic) bond motifs is 1. The van der Waals surface area contributed by atoms with Crippen LogP contribution in [-0.2, 0) is 25.2 Å². The first kappa shape index (κ1) is 36.6. The van der Waals surface area contributed by atoms with Crippen molar-refractivity contribution in [1.29, 1.82) is 0 Å². The number of carbonyl (C=O) groups is 3. The van der Waals surface area contributed by atoms with Gasteiger partial charge >= 0.3 is 11.9 Å². The van der Waals surface area contributed by atoms with Gasteiger partial charge in [-0.1, -0.05) is 41.5 Å². The molecule has 0 bridgehead atoms. The van der Waals surface area contributed by atoms with Crippen molar-refractivity contribution < 1.29 is 43.9 Å². The molecule has 1 atom stereocenters. The molecule has 0 aliphatic carbocycles. The molecule has 0 spiro atoms. The molecule has 3 N–H and O–H groups in total. The lowest BCUT2D eigenvalue weighted by Gasteiger charge is -2.31. The molecule has 4 rings (SSSR count). The minimum absolute atomic E-state index is 0.0371. The number of carbonyl (C=O) groups excluding carboxylic acids is 1. The minimum Gasteiger partial charge on any atom is -0.507 e. The highest BCUT2D eigenvalue weighted by Crippen LogP contribution is 2.45. The van der Waals surface area contributed by atoms with E-state index < -0.39 is 11.9 Å². The zero-order valence-electron chi connectivity index (χ0n) is 27.7. The number of ether oxygens (including phenoxy) is 3. The zero-order valence-corrected chi connectivity index (χ0v) is 28.5. The molecule has 2 aliphatic rings. The zero-order chi connectivity index (χ0) is 34.2. The first-order valence-corrected chi connectivity index (χ1v) is 16.2. The summed E-state index contributed by atoms with van der Waals surface area (Å²) < 4.78 is 16.7. The number of phenols is 1. The van der Waals surface area contributed by atoms with Crippen LogP contribution in [0.1, 0.15) is 70.0 Å². The Morgan fingerprint density at radius 1 is 0.978 bits per heavy atom. The number of amides is 1. The number of carboxylic acids is 2. The number of hydrogen-bond acceptors (Lipinski definition) is 9. The lowest BCUT2D eigenvalue weighted by atomic mass is 9.78. The van der Waals surface area contributed by atoms with Gasteiger partial charge in [0.1, 0.15) is 23.5 Å². The highest BCUT2D eigenvalue weighted by atomic mass is 32.2. The molecule has 12 heteroatoms. The summed E-state index contributed by atoms with van der Waals surface area (Å²) in [4.78, 5) is 36.2. The van der Waals surface area contributed by atoms with Crippen LogP contribution in [0.2, 0.25) is 0 Å². The largest absolute Gasteiger partial charge is 0.507 e. The molecule has 1 amide bonds. The topological polar surface area (TPSA) is 146 Å². The van der Waals surface area contributed by atoms with E-state index in [1.165, 1.54) is 0 Å². The fourth-order valence-corrected chi connectivity index (χ4v) is 6.16. The summed E-state index contributed by atoms with van der Waals surface area (Å²) in [6.45, 7) is 15.9. The number of aliphatic carboxylic acids is 2. The van der Waals surface area contributed by atoms with Crippen LogP contribution in [0, 0.1) is 0 Å². The van der Waals surface area contributed by atoms with Gasteiger partial charge in [0.25, 0.3) is 0 Å². The third-order valence-corrected chi connectivity index (χ3v) is 8.65. The SMILES string of the molecule is CN(CCCN1C(=O)CS[C@H]1c1cc(C(C)(C)C)c(O)c(C(C)(C)C)c1)CCOc1ccc2c(c1)OCO2.O=C(O)C=CC(=O)O. The predicted octanol–water partition coefficient (Wildman–Crippen LogP) is 5.40. The van der Waals surface area contributed by atoms with Crippen molar-refractivity contribution in [2.75, 3.05) is 45.8 Å². The molecule has 2 aromatic carbocycles. The van der Waals surface area contributed by atoms with E-state index in [-0.39, 0.29) is 28.9 Å². The van der Waals surface area contributed by atoms with Gasteiger partial charge in [0.2, 0.25) is 12.7 Å². The van der Waals surface area contributed by atoms with Gasteiger partial charge in [0, 0.05) is 31.3 Å². The summed E-state index contributed by atoms with van der Waals surface area (Å²) >= 11 is 1.68. The number of nitrogens with zero attached hydrogens (tertiary/aromatic N) is 2. The van der Waals surface area contributed by atoms with Crippen molar-refractivity contribution in [2.45, 2.75) is 64.2 Å². The Balaban J connectivity index is 0.000000637. The van der Waals surface area contributed by atoms with Crippen LogP contribution >= 0.6 is 11.8 Å². The maximum absolute atomic E-state index is 12.9. The lowest BCUT2D eigenvalue weighted by Crippen LogP contribution is -2.33. The first-order chi connectivity index (χ1) is 21.5. The highest BCUT2D eigenvalue weighted by molar-refractivity contribution is 8.00. The van der Waals surface area contributed by atoms with E-state index in [9.17, 15) is 19.5 Å². The second kappa shape index (κ2) is 15.6. The smallest absolute Gasteiger partial charge is 0.328 e. The fourth-order valence-electron chi connectivity index (χ4n) is 4.97. The Kier molecular flexibility index (Phi) is 12.4. The van der Waals surface area contributed by atoms with E-state index >= 15 is 0 Å². The average Bonchev–Trinajstić information content (AvgIpc) is 3.57. The third kappa shape index (κ3) is 10.3. The van der Waals surface area contributed by atoms with E-state index in [2.05, 4.69) is 65.6 Å². The number of rotatable bonds is 11. The summed E-state index contributed by atoms with van der Waals surface area (Å²) in [5, 5.41) is 26.7. The van der Waals surface area contributed by atoms with E-state index in [1.54, 1.807) is 11.8 Å². The van der Waals surface area contributed by atoms with Crippen LogP contribution in [0.15, 0.2) is 42.5 Å². The molecule has 1 fully saturated rings. The standard InChI is InChI=1S/C30H42N2O5S.C4H4O4/c1-29(2,3)22-15-20(16-23(27(22)34)30(4,5)6)28-32(26(33)18-38-28)12-8-11-31(7)13-14-35-21-9-10-24-25(17-21)37-19-36-24;5-3(6)1-2-4(7)8/h9-10,15-17,28,34H,8,11-14,18-19H2,1-7H3;1-2H,(H,5,6)(H,7,8)/t28-;/m0./s1. The molecule has 2 aliphatic heterocycles. The van der Waals surface area contributed by atoms with Crippen LogP contribution in [0.3, 0.4) is 0 Å². The Hall–Kier alpha value is -3.90. The molecule has 2 heterocycles. The molecular weight excluding hydrogens is 612 g/mol. The van der Waals surface area contributed by atoms with Crippen molar-refractivity contribution in [1.82, 2.24) is 9.80 Å². The molecule has 0 unspecified atom stereocenters. The molecule has 46 heavy (non-hydrogen) atoms. The summed E-state index contributed by atoms with van der Waals surface area (Å²) in [6.07, 6.45) is 1.99. The molecule has 252 valence electrons. The van der Waals surface area contributed by atoms with Gasteiger partial charge in [-0.15, -0.1) is 11.8 Å². The minimum atomic E-state index is -1.26. The Bertz CT molecular complexity index is 1380. The van der Waals surface area contributed by atoms with E-state index in [0.29, 0.717) is 36.8 Å². The second-order valence-corrected chi connectivity index (χ2v) is 14.3.